The van der Waals surface area contributed by atoms with Gasteiger partial charge in [-0.15, -0.1) is 0 Å². The quantitative estimate of drug-likeness (QED) is 0.264. The molecule has 0 amide bonds. The Hall–Kier alpha value is -1.90. The molecule has 0 aliphatic rings. The van der Waals surface area contributed by atoms with Gasteiger partial charge in [-0.2, -0.15) is 13.2 Å². The van der Waals surface area contributed by atoms with E-state index in [9.17, 15) is 13.2 Å². The predicted octanol–water partition coefficient (Wildman–Crippen LogP) is 7.03. The van der Waals surface area contributed by atoms with Crippen molar-refractivity contribution in [3.63, 3.8) is 0 Å². The normalized spacial score (nSPS) is 13.1. The Balaban J connectivity index is 0.000000512. The molecule has 0 fully saturated rings. The standard InChI is InChI=1S/C21H26ClO.CHF3O3S/c1-20(2,3)18-13-16(14-19(23-18)21(4,5)6)8-7-15-9-11-17(22)12-10-15;2-1(3,4)8(5,6)7/h7-14H,1-6H3;(H,5,6,7)/q+1;/p-1/b8-7+;. The average Bonchev–Trinajstić information content (AvgIpc) is 2.58. The first-order chi connectivity index (χ1) is 13.8. The number of benzene rings is 1. The highest BCUT2D eigenvalue weighted by molar-refractivity contribution is 7.86. The number of hydrogen-bond donors (Lipinski definition) is 0. The Morgan fingerprint density at radius 1 is 0.839 bits per heavy atom. The van der Waals surface area contributed by atoms with Crippen LogP contribution in [0.15, 0.2) is 40.8 Å². The van der Waals surface area contributed by atoms with Crippen molar-refractivity contribution in [3.8, 4) is 0 Å². The first-order valence-electron chi connectivity index (χ1n) is 9.26. The molecular formula is C22H26ClF3O4S. The van der Waals surface area contributed by atoms with E-state index < -0.39 is 15.6 Å². The molecule has 1 aromatic carbocycles. The van der Waals surface area contributed by atoms with Crippen LogP contribution in [-0.4, -0.2) is 18.5 Å². The summed E-state index contributed by atoms with van der Waals surface area (Å²) in [5, 5.41) is 0.755. The highest BCUT2D eigenvalue weighted by Gasteiger charge is 2.37. The van der Waals surface area contributed by atoms with Gasteiger partial charge in [0.15, 0.2) is 10.1 Å². The van der Waals surface area contributed by atoms with E-state index in [1.54, 1.807) is 0 Å². The number of rotatable bonds is 2. The summed E-state index contributed by atoms with van der Waals surface area (Å²) in [7, 11) is -6.09. The molecule has 4 nitrogen and oxygen atoms in total. The summed E-state index contributed by atoms with van der Waals surface area (Å²) >= 11 is 5.93. The molecule has 9 heteroatoms. The van der Waals surface area contributed by atoms with Crippen LogP contribution in [0.1, 0.15) is 64.2 Å². The van der Waals surface area contributed by atoms with E-state index >= 15 is 0 Å². The van der Waals surface area contributed by atoms with Gasteiger partial charge in [-0.1, -0.05) is 35.9 Å². The zero-order valence-electron chi connectivity index (χ0n) is 18.2. The van der Waals surface area contributed by atoms with Crippen molar-refractivity contribution in [3.05, 3.63) is 64.1 Å². The monoisotopic (exact) mass is 478 g/mol. The van der Waals surface area contributed by atoms with E-state index in [4.69, 9.17) is 29.0 Å². The van der Waals surface area contributed by atoms with Crippen molar-refractivity contribution >= 4 is 33.9 Å². The Morgan fingerprint density at radius 2 is 1.19 bits per heavy atom. The Morgan fingerprint density at radius 3 is 1.52 bits per heavy atom. The molecule has 0 saturated carbocycles. The van der Waals surface area contributed by atoms with E-state index in [2.05, 4.69) is 65.8 Å². The van der Waals surface area contributed by atoms with Crippen LogP contribution in [0, 0.1) is 0 Å². The van der Waals surface area contributed by atoms with Crippen LogP contribution < -0.4 is 0 Å². The van der Waals surface area contributed by atoms with Crippen LogP contribution in [0.4, 0.5) is 13.2 Å². The molecule has 0 spiro atoms. The minimum Gasteiger partial charge on any atom is -0.741 e. The second kappa shape index (κ2) is 9.71. The van der Waals surface area contributed by atoms with Crippen molar-refractivity contribution < 1.29 is 30.6 Å². The molecule has 0 unspecified atom stereocenters. The molecule has 0 atom stereocenters. The van der Waals surface area contributed by atoms with Gasteiger partial charge in [0.05, 0.1) is 10.8 Å². The number of halogens is 4. The lowest BCUT2D eigenvalue weighted by molar-refractivity contribution is -0.0517. The summed E-state index contributed by atoms with van der Waals surface area (Å²) in [6.45, 7) is 13.0. The van der Waals surface area contributed by atoms with Crippen LogP contribution in [0.3, 0.4) is 0 Å². The lowest BCUT2D eigenvalue weighted by atomic mass is 9.88. The van der Waals surface area contributed by atoms with Crippen molar-refractivity contribution in [2.24, 2.45) is 0 Å². The van der Waals surface area contributed by atoms with Crippen LogP contribution in [0.5, 0.6) is 0 Å². The molecule has 0 aliphatic heterocycles. The van der Waals surface area contributed by atoms with Gasteiger partial charge in [-0.05, 0) is 64.8 Å². The van der Waals surface area contributed by atoms with E-state index in [1.165, 1.54) is 0 Å². The fourth-order valence-electron chi connectivity index (χ4n) is 2.12. The SMILES string of the molecule is CC(C)(C)c1cc(/C=C/c2ccc(Cl)cc2)cc(C(C)(C)C)[o+]1.O=S(=O)([O-])C(F)(F)F. The maximum absolute atomic E-state index is 10.7. The highest BCUT2D eigenvalue weighted by Crippen LogP contribution is 2.31. The third-order valence-electron chi connectivity index (χ3n) is 3.92. The zero-order chi connectivity index (χ0) is 24.3. The minimum absolute atomic E-state index is 0.0237. The van der Waals surface area contributed by atoms with Crippen LogP contribution >= 0.6 is 11.6 Å². The Kier molecular flexibility index (Phi) is 8.50. The zero-order valence-corrected chi connectivity index (χ0v) is 19.7. The largest absolute Gasteiger partial charge is 0.741 e. The van der Waals surface area contributed by atoms with E-state index in [0.29, 0.717) is 0 Å². The van der Waals surface area contributed by atoms with Gasteiger partial charge in [0.25, 0.3) is 0 Å². The van der Waals surface area contributed by atoms with Gasteiger partial charge < -0.3 is 4.55 Å². The number of alkyl halides is 3. The lowest BCUT2D eigenvalue weighted by Crippen LogP contribution is -2.21. The second-order valence-electron chi connectivity index (χ2n) is 8.90. The summed E-state index contributed by atoms with van der Waals surface area (Å²) in [5.41, 5.74) is -3.41. The van der Waals surface area contributed by atoms with Gasteiger partial charge in [-0.25, -0.2) is 12.8 Å². The predicted molar refractivity (Wildman–Crippen MR) is 117 cm³/mol. The summed E-state index contributed by atoms with van der Waals surface area (Å²) in [6.07, 6.45) is 4.23. The first kappa shape index (κ1) is 27.1. The van der Waals surface area contributed by atoms with Gasteiger partial charge in [-0.3, -0.25) is 0 Å². The van der Waals surface area contributed by atoms with Gasteiger partial charge in [0.2, 0.25) is 0 Å². The summed E-state index contributed by atoms with van der Waals surface area (Å²) in [6, 6.07) is 12.1. The highest BCUT2D eigenvalue weighted by atomic mass is 35.5. The Labute approximate surface area is 186 Å². The molecule has 0 aliphatic carbocycles. The molecule has 0 radical (unpaired) electrons. The Bertz CT molecular complexity index is 982. The van der Waals surface area contributed by atoms with Gasteiger partial charge in [0, 0.05) is 17.2 Å². The second-order valence-corrected chi connectivity index (χ2v) is 10.7. The average molecular weight is 479 g/mol. The van der Waals surface area contributed by atoms with Crippen molar-refractivity contribution in [1.29, 1.82) is 0 Å². The fourth-order valence-corrected chi connectivity index (χ4v) is 2.25. The van der Waals surface area contributed by atoms with E-state index in [1.807, 2.05) is 24.3 Å². The van der Waals surface area contributed by atoms with Crippen molar-refractivity contribution in [1.82, 2.24) is 0 Å². The van der Waals surface area contributed by atoms with Gasteiger partial charge >= 0.3 is 17.0 Å². The molecule has 1 aromatic heterocycles. The maximum Gasteiger partial charge on any atom is 0.485 e. The molecule has 172 valence electrons. The third kappa shape index (κ3) is 9.01. The maximum atomic E-state index is 10.7. The van der Waals surface area contributed by atoms with Gasteiger partial charge in [0.1, 0.15) is 0 Å². The molecule has 1 heterocycles. The van der Waals surface area contributed by atoms with Crippen molar-refractivity contribution in [2.75, 3.05) is 0 Å². The summed E-state index contributed by atoms with van der Waals surface area (Å²) in [4.78, 5) is 0. The molecule has 2 aromatic rings. The van der Waals surface area contributed by atoms with Crippen LogP contribution in [-0.2, 0) is 20.9 Å². The van der Waals surface area contributed by atoms with Crippen LogP contribution in [0.25, 0.3) is 12.2 Å². The fraction of sp³-hybridized carbons (Fsp3) is 0.409. The first-order valence-corrected chi connectivity index (χ1v) is 11.0. The smallest absolute Gasteiger partial charge is 0.485 e. The number of hydrogen-bond acceptors (Lipinski definition) is 3. The van der Waals surface area contributed by atoms with Crippen LogP contribution in [0.2, 0.25) is 5.02 Å². The molecule has 31 heavy (non-hydrogen) atoms. The minimum atomic E-state index is -6.09. The molecule has 0 N–H and O–H groups in total. The summed E-state index contributed by atoms with van der Waals surface area (Å²) in [5.74, 6) is 2.00. The molecular weight excluding hydrogens is 453 g/mol. The van der Waals surface area contributed by atoms with Crippen molar-refractivity contribution in [2.45, 2.75) is 57.9 Å². The topological polar surface area (TPSA) is 68.5 Å². The molecule has 0 bridgehead atoms. The lowest BCUT2D eigenvalue weighted by Gasteiger charge is -2.14. The third-order valence-corrected chi connectivity index (χ3v) is 4.73. The molecule has 0 saturated heterocycles. The molecule has 2 rings (SSSR count). The summed E-state index contributed by atoms with van der Waals surface area (Å²) < 4.78 is 65.1. The van der Waals surface area contributed by atoms with E-state index in [0.717, 1.165) is 27.7 Å². The van der Waals surface area contributed by atoms with E-state index in [-0.39, 0.29) is 10.8 Å².